The van der Waals surface area contributed by atoms with Gasteiger partial charge in [-0.3, -0.25) is 4.79 Å². The van der Waals surface area contributed by atoms with Crippen LogP contribution >= 0.6 is 0 Å². The standard InChI is InChI=1S/C19H29F2NO/c1-5-8-9-10-13-22(18(23)19(4,6-2)7-3)17-12-11-15(20)14-16(17)21/h11-12,14H,5-10,13H2,1-4H3. The molecule has 0 aliphatic heterocycles. The molecule has 0 aliphatic rings. The molecule has 0 spiro atoms. The van der Waals surface area contributed by atoms with Gasteiger partial charge in [0.05, 0.1) is 5.69 Å². The topological polar surface area (TPSA) is 20.3 Å². The summed E-state index contributed by atoms with van der Waals surface area (Å²) in [6, 6.07) is 3.42. The Morgan fingerprint density at radius 1 is 1.09 bits per heavy atom. The molecule has 130 valence electrons. The number of benzene rings is 1. The molecule has 1 rings (SSSR count). The van der Waals surface area contributed by atoms with Gasteiger partial charge in [-0.25, -0.2) is 8.78 Å². The lowest BCUT2D eigenvalue weighted by atomic mass is 9.83. The molecule has 2 nitrogen and oxygen atoms in total. The van der Waals surface area contributed by atoms with Crippen molar-refractivity contribution in [2.24, 2.45) is 5.41 Å². The van der Waals surface area contributed by atoms with Crippen molar-refractivity contribution < 1.29 is 13.6 Å². The molecule has 0 radical (unpaired) electrons. The minimum atomic E-state index is -0.677. The zero-order valence-corrected chi connectivity index (χ0v) is 14.8. The lowest BCUT2D eigenvalue weighted by Gasteiger charge is -2.33. The third-order valence-electron chi connectivity index (χ3n) is 4.76. The second-order valence-electron chi connectivity index (χ2n) is 6.38. The molecular weight excluding hydrogens is 296 g/mol. The molecule has 1 aromatic carbocycles. The maximum atomic E-state index is 14.2. The van der Waals surface area contributed by atoms with Crippen molar-refractivity contribution in [1.82, 2.24) is 0 Å². The molecule has 1 aromatic rings. The summed E-state index contributed by atoms with van der Waals surface area (Å²) in [6.45, 7) is 8.44. The van der Waals surface area contributed by atoms with E-state index in [1.807, 2.05) is 20.8 Å². The Morgan fingerprint density at radius 3 is 2.26 bits per heavy atom. The van der Waals surface area contributed by atoms with Gasteiger partial charge in [0.1, 0.15) is 11.6 Å². The van der Waals surface area contributed by atoms with Gasteiger partial charge in [-0.15, -0.1) is 0 Å². The average molecular weight is 325 g/mol. The molecule has 0 saturated heterocycles. The number of carbonyl (C=O) groups excluding carboxylic acids is 1. The molecule has 0 atom stereocenters. The van der Waals surface area contributed by atoms with Crippen LogP contribution in [0.2, 0.25) is 0 Å². The summed E-state index contributed by atoms with van der Waals surface area (Å²) in [4.78, 5) is 14.5. The van der Waals surface area contributed by atoms with Gasteiger partial charge in [0.25, 0.3) is 0 Å². The summed E-state index contributed by atoms with van der Waals surface area (Å²) in [5.41, 5.74) is -0.341. The predicted octanol–water partition coefficient (Wildman–Crippen LogP) is 5.70. The quantitative estimate of drug-likeness (QED) is 0.533. The van der Waals surface area contributed by atoms with Gasteiger partial charge in [-0.2, -0.15) is 0 Å². The number of carbonyl (C=O) groups is 1. The smallest absolute Gasteiger partial charge is 0.232 e. The van der Waals surface area contributed by atoms with E-state index in [0.717, 1.165) is 31.7 Å². The zero-order chi connectivity index (χ0) is 17.5. The molecule has 0 aromatic heterocycles. The van der Waals surface area contributed by atoms with E-state index < -0.39 is 17.0 Å². The Hall–Kier alpha value is -1.45. The Kier molecular flexibility index (Phi) is 7.66. The van der Waals surface area contributed by atoms with E-state index in [2.05, 4.69) is 6.92 Å². The van der Waals surface area contributed by atoms with Crippen molar-refractivity contribution in [3.8, 4) is 0 Å². The maximum absolute atomic E-state index is 14.2. The van der Waals surface area contributed by atoms with Crippen molar-refractivity contribution in [2.75, 3.05) is 11.4 Å². The molecular formula is C19H29F2NO. The second kappa shape index (κ2) is 8.99. The molecule has 0 aliphatic carbocycles. The third kappa shape index (κ3) is 5.02. The highest BCUT2D eigenvalue weighted by atomic mass is 19.1. The van der Waals surface area contributed by atoms with Crippen LogP contribution in [0, 0.1) is 17.0 Å². The molecule has 4 heteroatoms. The maximum Gasteiger partial charge on any atom is 0.232 e. The SMILES string of the molecule is CCCCCCN(C(=O)C(C)(CC)CC)c1ccc(F)cc1F. The van der Waals surface area contributed by atoms with Crippen LogP contribution < -0.4 is 4.90 Å². The Morgan fingerprint density at radius 2 is 1.74 bits per heavy atom. The van der Waals surface area contributed by atoms with Crippen LogP contribution in [0.15, 0.2) is 18.2 Å². The Labute approximate surface area is 138 Å². The van der Waals surface area contributed by atoms with E-state index in [0.29, 0.717) is 19.4 Å². The second-order valence-corrected chi connectivity index (χ2v) is 6.38. The first-order valence-corrected chi connectivity index (χ1v) is 8.66. The van der Waals surface area contributed by atoms with Crippen LogP contribution in [0.25, 0.3) is 0 Å². The highest BCUT2D eigenvalue weighted by Gasteiger charge is 2.34. The fourth-order valence-electron chi connectivity index (χ4n) is 2.61. The van der Waals surface area contributed by atoms with Gasteiger partial charge < -0.3 is 4.90 Å². The van der Waals surface area contributed by atoms with E-state index in [4.69, 9.17) is 0 Å². The van der Waals surface area contributed by atoms with Gasteiger partial charge in [0.2, 0.25) is 5.91 Å². The number of anilines is 1. The number of hydrogen-bond acceptors (Lipinski definition) is 1. The zero-order valence-electron chi connectivity index (χ0n) is 14.8. The Bertz CT molecular complexity index is 512. The van der Waals surface area contributed by atoms with Crippen LogP contribution in [0.4, 0.5) is 14.5 Å². The van der Waals surface area contributed by atoms with Crippen LogP contribution in [-0.4, -0.2) is 12.5 Å². The van der Waals surface area contributed by atoms with Gasteiger partial charge in [-0.05, 0) is 31.4 Å². The van der Waals surface area contributed by atoms with Crippen LogP contribution in [-0.2, 0) is 4.79 Å². The third-order valence-corrected chi connectivity index (χ3v) is 4.76. The highest BCUT2D eigenvalue weighted by Crippen LogP contribution is 2.32. The first-order valence-electron chi connectivity index (χ1n) is 8.66. The van der Waals surface area contributed by atoms with Crippen molar-refractivity contribution in [3.63, 3.8) is 0 Å². The van der Waals surface area contributed by atoms with Gasteiger partial charge in [0.15, 0.2) is 0 Å². The highest BCUT2D eigenvalue weighted by molar-refractivity contribution is 5.97. The van der Waals surface area contributed by atoms with E-state index in [1.165, 1.54) is 17.0 Å². The molecule has 0 unspecified atom stereocenters. The van der Waals surface area contributed by atoms with Gasteiger partial charge >= 0.3 is 0 Å². The predicted molar refractivity (Wildman–Crippen MR) is 91.5 cm³/mol. The fourth-order valence-corrected chi connectivity index (χ4v) is 2.61. The molecule has 1 amide bonds. The van der Waals surface area contributed by atoms with Gasteiger partial charge in [0, 0.05) is 18.0 Å². The molecule has 0 fully saturated rings. The van der Waals surface area contributed by atoms with E-state index >= 15 is 0 Å². The van der Waals surface area contributed by atoms with Crippen molar-refractivity contribution >= 4 is 11.6 Å². The first kappa shape index (κ1) is 19.6. The molecule has 0 N–H and O–H groups in total. The van der Waals surface area contributed by atoms with Gasteiger partial charge in [-0.1, -0.05) is 47.0 Å². The summed E-state index contributed by atoms with van der Waals surface area (Å²) >= 11 is 0. The number of rotatable bonds is 9. The average Bonchev–Trinajstić information content (AvgIpc) is 2.54. The Balaban J connectivity index is 3.08. The number of amides is 1. The summed E-state index contributed by atoms with van der Waals surface area (Å²) in [5, 5.41) is 0. The van der Waals surface area contributed by atoms with E-state index in [1.54, 1.807) is 0 Å². The van der Waals surface area contributed by atoms with Crippen molar-refractivity contribution in [3.05, 3.63) is 29.8 Å². The minimum Gasteiger partial charge on any atom is -0.309 e. The lowest BCUT2D eigenvalue weighted by molar-refractivity contribution is -0.127. The summed E-state index contributed by atoms with van der Waals surface area (Å²) in [5.74, 6) is -1.38. The fraction of sp³-hybridized carbons (Fsp3) is 0.632. The van der Waals surface area contributed by atoms with Crippen LogP contribution in [0.5, 0.6) is 0 Å². The first-order chi connectivity index (χ1) is 10.9. The van der Waals surface area contributed by atoms with E-state index in [-0.39, 0.29) is 11.6 Å². The molecule has 0 saturated carbocycles. The van der Waals surface area contributed by atoms with Crippen molar-refractivity contribution in [1.29, 1.82) is 0 Å². The summed E-state index contributed by atoms with van der Waals surface area (Å²) < 4.78 is 27.4. The summed E-state index contributed by atoms with van der Waals surface area (Å²) in [6.07, 6.45) is 5.39. The molecule has 0 bridgehead atoms. The minimum absolute atomic E-state index is 0.0792. The van der Waals surface area contributed by atoms with Crippen molar-refractivity contribution in [2.45, 2.75) is 66.2 Å². The summed E-state index contributed by atoms with van der Waals surface area (Å²) in [7, 11) is 0. The molecule has 0 heterocycles. The monoisotopic (exact) mass is 325 g/mol. The number of nitrogens with zero attached hydrogens (tertiary/aromatic N) is 1. The van der Waals surface area contributed by atoms with Crippen LogP contribution in [0.1, 0.15) is 66.2 Å². The van der Waals surface area contributed by atoms with Crippen LogP contribution in [0.3, 0.4) is 0 Å². The normalized spacial score (nSPS) is 11.6. The lowest BCUT2D eigenvalue weighted by Crippen LogP contribution is -2.43. The largest absolute Gasteiger partial charge is 0.309 e. The number of hydrogen-bond donors (Lipinski definition) is 0. The number of unbranched alkanes of at least 4 members (excludes halogenated alkanes) is 3. The number of halogens is 2. The van der Waals surface area contributed by atoms with E-state index in [9.17, 15) is 13.6 Å². The molecule has 23 heavy (non-hydrogen) atoms.